The summed E-state index contributed by atoms with van der Waals surface area (Å²) in [4.78, 5) is 0. The van der Waals surface area contributed by atoms with Crippen molar-refractivity contribution in [2.45, 2.75) is 12.5 Å². The molecule has 0 aliphatic rings. The summed E-state index contributed by atoms with van der Waals surface area (Å²) in [5, 5.41) is 11.4. The highest BCUT2D eigenvalue weighted by Gasteiger charge is 2.33. The maximum absolute atomic E-state index is 11.4. The van der Waals surface area contributed by atoms with Crippen molar-refractivity contribution in [2.75, 3.05) is 0 Å². The second kappa shape index (κ2) is 8.98. The zero-order valence-electron chi connectivity index (χ0n) is 15.5. The van der Waals surface area contributed by atoms with E-state index in [-0.39, 0.29) is 0 Å². The molecule has 0 aliphatic carbocycles. The van der Waals surface area contributed by atoms with E-state index in [9.17, 15) is 5.11 Å². The molecule has 4 aromatic rings. The molecular formula is C26H24O. The van der Waals surface area contributed by atoms with E-state index in [1.54, 1.807) is 0 Å². The first kappa shape index (κ1) is 18.6. The first-order valence-corrected chi connectivity index (χ1v) is 9.12. The van der Waals surface area contributed by atoms with Gasteiger partial charge in [0, 0.05) is 0 Å². The van der Waals surface area contributed by atoms with Crippen molar-refractivity contribution < 1.29 is 5.11 Å². The first-order chi connectivity index (χ1) is 13.2. The molecule has 4 aromatic carbocycles. The van der Waals surface area contributed by atoms with Crippen LogP contribution < -0.4 is 0 Å². The van der Waals surface area contributed by atoms with Gasteiger partial charge >= 0.3 is 0 Å². The van der Waals surface area contributed by atoms with Crippen LogP contribution in [0.15, 0.2) is 121 Å². The van der Waals surface area contributed by atoms with E-state index in [1.165, 1.54) is 5.56 Å². The molecule has 0 unspecified atom stereocenters. The molecule has 0 amide bonds. The zero-order chi connectivity index (χ0) is 19.0. The molecule has 1 nitrogen and oxygen atoms in total. The van der Waals surface area contributed by atoms with Crippen LogP contribution in [0.2, 0.25) is 0 Å². The Hall–Kier alpha value is -3.16. The van der Waals surface area contributed by atoms with E-state index < -0.39 is 5.60 Å². The standard InChI is InChI=1S/C19H16O.C7H8/c20-19(16-10-4-1-5-11-16,17-12-6-2-7-13-17)18-14-8-3-9-15-18;1-7-5-3-2-4-6-7/h1-15,20H;2-6H,1H3. The van der Waals surface area contributed by atoms with Gasteiger partial charge in [0.25, 0.3) is 0 Å². The van der Waals surface area contributed by atoms with Crippen molar-refractivity contribution in [3.05, 3.63) is 144 Å². The molecule has 0 aliphatic heterocycles. The van der Waals surface area contributed by atoms with Gasteiger partial charge in [-0.1, -0.05) is 127 Å². The van der Waals surface area contributed by atoms with E-state index in [1.807, 2.05) is 109 Å². The van der Waals surface area contributed by atoms with Gasteiger partial charge < -0.3 is 5.11 Å². The number of aryl methyl sites for hydroxylation is 1. The Bertz CT molecular complexity index is 820. The van der Waals surface area contributed by atoms with Crippen LogP contribution in [0.1, 0.15) is 22.3 Å². The summed E-state index contributed by atoms with van der Waals surface area (Å²) in [6, 6.07) is 39.6. The van der Waals surface area contributed by atoms with Crippen LogP contribution in [0.5, 0.6) is 0 Å². The minimum absolute atomic E-state index is 0.873. The summed E-state index contributed by atoms with van der Waals surface area (Å²) < 4.78 is 0. The van der Waals surface area contributed by atoms with E-state index in [2.05, 4.69) is 19.1 Å². The molecule has 0 spiro atoms. The van der Waals surface area contributed by atoms with Crippen molar-refractivity contribution in [1.29, 1.82) is 0 Å². The lowest BCUT2D eigenvalue weighted by molar-refractivity contribution is 0.125. The lowest BCUT2D eigenvalue weighted by Crippen LogP contribution is -2.28. The van der Waals surface area contributed by atoms with Crippen molar-refractivity contribution in [2.24, 2.45) is 0 Å². The highest BCUT2D eigenvalue weighted by atomic mass is 16.3. The second-order valence-electron chi connectivity index (χ2n) is 6.46. The zero-order valence-corrected chi connectivity index (χ0v) is 15.5. The van der Waals surface area contributed by atoms with Crippen molar-refractivity contribution >= 4 is 0 Å². The van der Waals surface area contributed by atoms with Crippen molar-refractivity contribution in [1.82, 2.24) is 0 Å². The number of aliphatic hydroxyl groups is 1. The van der Waals surface area contributed by atoms with Crippen LogP contribution >= 0.6 is 0 Å². The van der Waals surface area contributed by atoms with Gasteiger partial charge in [0.15, 0.2) is 0 Å². The van der Waals surface area contributed by atoms with Crippen LogP contribution in [-0.4, -0.2) is 5.11 Å². The number of hydrogen-bond acceptors (Lipinski definition) is 1. The fourth-order valence-corrected chi connectivity index (χ4v) is 3.07. The minimum atomic E-state index is -1.12. The maximum Gasteiger partial charge on any atom is 0.140 e. The van der Waals surface area contributed by atoms with Gasteiger partial charge in [0.1, 0.15) is 5.60 Å². The third-order valence-corrected chi connectivity index (χ3v) is 4.52. The van der Waals surface area contributed by atoms with Crippen LogP contribution in [-0.2, 0) is 5.60 Å². The Labute approximate surface area is 161 Å². The quantitative estimate of drug-likeness (QED) is 0.451. The fourth-order valence-electron chi connectivity index (χ4n) is 3.07. The average molecular weight is 352 g/mol. The van der Waals surface area contributed by atoms with Crippen LogP contribution in [0.4, 0.5) is 0 Å². The van der Waals surface area contributed by atoms with E-state index in [4.69, 9.17) is 0 Å². The van der Waals surface area contributed by atoms with Crippen LogP contribution in [0.3, 0.4) is 0 Å². The monoisotopic (exact) mass is 352 g/mol. The largest absolute Gasteiger partial charge is 0.376 e. The molecule has 0 radical (unpaired) electrons. The average Bonchev–Trinajstić information content (AvgIpc) is 2.76. The Kier molecular flexibility index (Phi) is 6.19. The minimum Gasteiger partial charge on any atom is -0.376 e. The molecule has 1 N–H and O–H groups in total. The Morgan fingerprint density at radius 1 is 0.444 bits per heavy atom. The van der Waals surface area contributed by atoms with Gasteiger partial charge in [0.05, 0.1) is 0 Å². The summed E-state index contributed by atoms with van der Waals surface area (Å²) >= 11 is 0. The van der Waals surface area contributed by atoms with Gasteiger partial charge in [-0.05, 0) is 23.6 Å². The van der Waals surface area contributed by atoms with Gasteiger partial charge in [-0.15, -0.1) is 0 Å². The Morgan fingerprint density at radius 2 is 0.704 bits per heavy atom. The van der Waals surface area contributed by atoms with Gasteiger partial charge in [-0.25, -0.2) is 0 Å². The highest BCUT2D eigenvalue weighted by Crippen LogP contribution is 2.36. The fraction of sp³-hybridized carbons (Fsp3) is 0.0769. The molecule has 134 valence electrons. The topological polar surface area (TPSA) is 20.2 Å². The molecule has 0 saturated heterocycles. The van der Waals surface area contributed by atoms with Crippen LogP contribution in [0.25, 0.3) is 0 Å². The lowest BCUT2D eigenvalue weighted by Gasteiger charge is -2.30. The predicted octanol–water partition coefficient (Wildman–Crippen LogP) is 5.97. The van der Waals surface area contributed by atoms with E-state index >= 15 is 0 Å². The summed E-state index contributed by atoms with van der Waals surface area (Å²) in [6.07, 6.45) is 0. The normalized spacial score (nSPS) is 10.6. The number of hydrogen-bond donors (Lipinski definition) is 1. The summed E-state index contributed by atoms with van der Waals surface area (Å²) in [6.45, 7) is 2.08. The van der Waals surface area contributed by atoms with Crippen molar-refractivity contribution in [3.8, 4) is 0 Å². The highest BCUT2D eigenvalue weighted by molar-refractivity contribution is 5.46. The third kappa shape index (κ3) is 4.52. The van der Waals surface area contributed by atoms with Crippen LogP contribution in [0, 0.1) is 6.92 Å². The number of benzene rings is 4. The van der Waals surface area contributed by atoms with Gasteiger partial charge in [-0.3, -0.25) is 0 Å². The molecule has 1 heteroatoms. The number of rotatable bonds is 3. The molecule has 4 rings (SSSR count). The van der Waals surface area contributed by atoms with Crippen molar-refractivity contribution in [3.63, 3.8) is 0 Å². The third-order valence-electron chi connectivity index (χ3n) is 4.52. The molecule has 0 bridgehead atoms. The van der Waals surface area contributed by atoms with Gasteiger partial charge in [0.2, 0.25) is 0 Å². The summed E-state index contributed by atoms with van der Waals surface area (Å²) in [5.41, 5.74) is 2.82. The molecule has 0 heterocycles. The van der Waals surface area contributed by atoms with E-state index in [0.29, 0.717) is 0 Å². The Balaban J connectivity index is 0.000000253. The molecule has 27 heavy (non-hydrogen) atoms. The molecule has 0 fully saturated rings. The summed E-state index contributed by atoms with van der Waals surface area (Å²) in [7, 11) is 0. The molecular weight excluding hydrogens is 328 g/mol. The smallest absolute Gasteiger partial charge is 0.140 e. The van der Waals surface area contributed by atoms with Gasteiger partial charge in [-0.2, -0.15) is 0 Å². The lowest BCUT2D eigenvalue weighted by atomic mass is 9.80. The summed E-state index contributed by atoms with van der Waals surface area (Å²) in [5.74, 6) is 0. The Morgan fingerprint density at radius 3 is 0.926 bits per heavy atom. The maximum atomic E-state index is 11.4. The second-order valence-corrected chi connectivity index (χ2v) is 6.46. The predicted molar refractivity (Wildman–Crippen MR) is 113 cm³/mol. The van der Waals surface area contributed by atoms with E-state index in [0.717, 1.165) is 16.7 Å². The first-order valence-electron chi connectivity index (χ1n) is 9.12. The molecule has 0 saturated carbocycles. The SMILES string of the molecule is Cc1ccccc1.OC(c1ccccc1)(c1ccccc1)c1ccccc1. The molecule has 0 aromatic heterocycles. The molecule has 0 atom stereocenters.